The Hall–Kier alpha value is -2.51. The molecule has 2 amide bonds. The fourth-order valence-electron chi connectivity index (χ4n) is 4.45. The van der Waals surface area contributed by atoms with E-state index in [1.807, 2.05) is 4.90 Å². The number of ketones is 1. The normalized spacial score (nSPS) is 28.4. The molecule has 1 unspecified atom stereocenters. The molecule has 2 atom stereocenters. The largest absolute Gasteiger partial charge is 0.363 e. The van der Waals surface area contributed by atoms with Gasteiger partial charge >= 0.3 is 0 Å². The van der Waals surface area contributed by atoms with Crippen LogP contribution in [0.2, 0.25) is 0 Å². The van der Waals surface area contributed by atoms with Gasteiger partial charge in [0.2, 0.25) is 11.8 Å². The number of piperazine rings is 1. The van der Waals surface area contributed by atoms with E-state index >= 15 is 0 Å². The van der Waals surface area contributed by atoms with Crippen LogP contribution < -0.4 is 10.2 Å². The molecule has 1 aliphatic carbocycles. The molecule has 0 bridgehead atoms. The molecule has 0 radical (unpaired) electrons. The van der Waals surface area contributed by atoms with E-state index in [4.69, 9.17) is 0 Å². The molecule has 0 aromatic carbocycles. The molecule has 4 rings (SSSR count). The Labute approximate surface area is 158 Å². The summed E-state index contributed by atoms with van der Waals surface area (Å²) < 4.78 is 0. The Morgan fingerprint density at radius 1 is 1.26 bits per heavy atom. The monoisotopic (exact) mass is 371 g/mol. The van der Waals surface area contributed by atoms with Crippen LogP contribution in [0.15, 0.2) is 18.7 Å². The number of rotatable bonds is 5. The summed E-state index contributed by atoms with van der Waals surface area (Å²) in [5.41, 5.74) is 0.172. The van der Waals surface area contributed by atoms with E-state index in [0.717, 1.165) is 25.1 Å². The van der Waals surface area contributed by atoms with Gasteiger partial charge in [0.1, 0.15) is 11.9 Å². The van der Waals surface area contributed by atoms with Crippen LogP contribution in [0, 0.1) is 5.92 Å². The second kappa shape index (κ2) is 6.90. The first kappa shape index (κ1) is 17.9. The maximum Gasteiger partial charge on any atom is 0.228 e. The molecular formula is C19H25N5O3. The zero-order chi connectivity index (χ0) is 19.0. The van der Waals surface area contributed by atoms with Gasteiger partial charge in [0.15, 0.2) is 5.78 Å². The van der Waals surface area contributed by atoms with Crippen molar-refractivity contribution in [1.82, 2.24) is 20.2 Å². The third-order valence-corrected chi connectivity index (χ3v) is 6.05. The van der Waals surface area contributed by atoms with Crippen LogP contribution >= 0.6 is 0 Å². The minimum absolute atomic E-state index is 0.0370. The molecule has 2 aliphatic heterocycles. The lowest BCUT2D eigenvalue weighted by atomic mass is 9.85. The summed E-state index contributed by atoms with van der Waals surface area (Å²) in [6.45, 7) is 4.07. The predicted octanol–water partition coefficient (Wildman–Crippen LogP) is 0.532. The number of carbonyl (C=O) groups excluding carboxylic acids is 3. The molecule has 27 heavy (non-hydrogen) atoms. The molecule has 8 nitrogen and oxygen atoms in total. The lowest BCUT2D eigenvalue weighted by molar-refractivity contribution is -0.133. The molecular weight excluding hydrogens is 346 g/mol. The van der Waals surface area contributed by atoms with Crippen molar-refractivity contribution in [2.24, 2.45) is 5.92 Å². The first-order chi connectivity index (χ1) is 13.0. The van der Waals surface area contributed by atoms with Gasteiger partial charge < -0.3 is 15.1 Å². The molecule has 0 spiro atoms. The van der Waals surface area contributed by atoms with E-state index in [0.29, 0.717) is 25.9 Å². The highest BCUT2D eigenvalue weighted by Gasteiger charge is 2.55. The van der Waals surface area contributed by atoms with Crippen LogP contribution in [0.25, 0.3) is 0 Å². The summed E-state index contributed by atoms with van der Waals surface area (Å²) in [6, 6.07) is 0.166. The lowest BCUT2D eigenvalue weighted by Gasteiger charge is -2.41. The number of aromatic nitrogens is 2. The van der Waals surface area contributed by atoms with Crippen molar-refractivity contribution in [2.75, 3.05) is 24.5 Å². The van der Waals surface area contributed by atoms with Crippen LogP contribution in [-0.4, -0.2) is 63.7 Å². The van der Waals surface area contributed by atoms with E-state index in [9.17, 15) is 14.4 Å². The number of nitrogens with zero attached hydrogens (tertiary/aromatic N) is 4. The minimum Gasteiger partial charge on any atom is -0.363 e. The number of hydrogen-bond donors (Lipinski definition) is 1. The third kappa shape index (κ3) is 3.40. The van der Waals surface area contributed by atoms with Gasteiger partial charge in [-0.1, -0.05) is 0 Å². The van der Waals surface area contributed by atoms with Crippen molar-refractivity contribution in [2.45, 2.75) is 50.6 Å². The molecule has 1 saturated carbocycles. The van der Waals surface area contributed by atoms with Crippen LogP contribution in [0.4, 0.5) is 5.69 Å². The number of nitrogens with one attached hydrogen (secondary N) is 1. The van der Waals surface area contributed by atoms with Crippen LogP contribution in [0.1, 0.15) is 39.0 Å². The maximum absolute atomic E-state index is 12.8. The van der Waals surface area contributed by atoms with Gasteiger partial charge in [-0.3, -0.25) is 14.4 Å². The second-order valence-corrected chi connectivity index (χ2v) is 7.87. The summed E-state index contributed by atoms with van der Waals surface area (Å²) in [6.07, 6.45) is 7.66. The van der Waals surface area contributed by atoms with Crippen molar-refractivity contribution in [3.05, 3.63) is 18.7 Å². The molecule has 3 aliphatic rings. The SMILES string of the molecule is C[C@H]1CN(C(=O)CCC2(C3CC3)NC(=O)CC2=O)CCN1c1cncnc1. The molecule has 1 N–H and O–H groups in total. The molecule has 3 heterocycles. The molecule has 144 valence electrons. The first-order valence-corrected chi connectivity index (χ1v) is 9.63. The van der Waals surface area contributed by atoms with Crippen molar-refractivity contribution in [3.8, 4) is 0 Å². The fraction of sp³-hybridized carbons (Fsp3) is 0.632. The van der Waals surface area contributed by atoms with E-state index in [2.05, 4.69) is 27.1 Å². The highest BCUT2D eigenvalue weighted by atomic mass is 16.2. The molecule has 3 fully saturated rings. The predicted molar refractivity (Wildman–Crippen MR) is 97.9 cm³/mol. The van der Waals surface area contributed by atoms with Gasteiger partial charge in [-0.05, 0) is 32.1 Å². The Morgan fingerprint density at radius 3 is 2.59 bits per heavy atom. The Morgan fingerprint density at radius 2 is 2.00 bits per heavy atom. The van der Waals surface area contributed by atoms with E-state index in [1.54, 1.807) is 12.4 Å². The van der Waals surface area contributed by atoms with Gasteiger partial charge in [-0.2, -0.15) is 0 Å². The standard InChI is InChI=1S/C19H25N5O3/c1-13-11-23(6-7-24(13)15-9-20-12-21-10-15)18(27)4-5-19(14-2-3-14)16(25)8-17(26)22-19/h9-10,12-14H,2-8,11H2,1H3,(H,22,26)/t13-,19?/m0/s1. The summed E-state index contributed by atoms with van der Waals surface area (Å²) in [5, 5.41) is 2.89. The average Bonchev–Trinajstić information content (AvgIpc) is 3.47. The zero-order valence-electron chi connectivity index (χ0n) is 15.6. The van der Waals surface area contributed by atoms with E-state index < -0.39 is 5.54 Å². The number of carbonyl (C=O) groups is 3. The lowest BCUT2D eigenvalue weighted by Crippen LogP contribution is -2.54. The summed E-state index contributed by atoms with van der Waals surface area (Å²) in [5.74, 6) is 0.0228. The average molecular weight is 371 g/mol. The van der Waals surface area contributed by atoms with E-state index in [-0.39, 0.29) is 36.0 Å². The van der Waals surface area contributed by atoms with E-state index in [1.165, 1.54) is 6.33 Å². The van der Waals surface area contributed by atoms with Gasteiger partial charge in [-0.15, -0.1) is 0 Å². The summed E-state index contributed by atoms with van der Waals surface area (Å²) in [4.78, 5) is 49.1. The van der Waals surface area contributed by atoms with Gasteiger partial charge in [-0.25, -0.2) is 9.97 Å². The zero-order valence-corrected chi connectivity index (χ0v) is 15.6. The molecule has 1 aromatic heterocycles. The topological polar surface area (TPSA) is 95.5 Å². The van der Waals surface area contributed by atoms with Crippen LogP contribution in [0.5, 0.6) is 0 Å². The highest BCUT2D eigenvalue weighted by Crippen LogP contribution is 2.45. The van der Waals surface area contributed by atoms with Crippen molar-refractivity contribution < 1.29 is 14.4 Å². The molecule has 1 aromatic rings. The fourth-order valence-corrected chi connectivity index (χ4v) is 4.45. The summed E-state index contributed by atoms with van der Waals surface area (Å²) >= 11 is 0. The quantitative estimate of drug-likeness (QED) is 0.759. The van der Waals surface area contributed by atoms with Crippen LogP contribution in [-0.2, 0) is 14.4 Å². The smallest absolute Gasteiger partial charge is 0.228 e. The summed E-state index contributed by atoms with van der Waals surface area (Å²) in [7, 11) is 0. The first-order valence-electron chi connectivity index (χ1n) is 9.63. The number of Topliss-reactive ketones (excluding diaryl/α,β-unsaturated/α-hetero) is 1. The second-order valence-electron chi connectivity index (χ2n) is 7.87. The number of anilines is 1. The Kier molecular flexibility index (Phi) is 4.57. The van der Waals surface area contributed by atoms with Crippen molar-refractivity contribution in [1.29, 1.82) is 0 Å². The minimum atomic E-state index is -0.790. The van der Waals surface area contributed by atoms with Gasteiger partial charge in [0.25, 0.3) is 0 Å². The van der Waals surface area contributed by atoms with Crippen molar-refractivity contribution >= 4 is 23.3 Å². The Bertz CT molecular complexity index is 751. The highest BCUT2D eigenvalue weighted by molar-refractivity contribution is 6.10. The molecule has 8 heteroatoms. The molecule has 2 saturated heterocycles. The van der Waals surface area contributed by atoms with Gasteiger partial charge in [0, 0.05) is 32.1 Å². The van der Waals surface area contributed by atoms with Gasteiger partial charge in [0.05, 0.1) is 24.5 Å². The van der Waals surface area contributed by atoms with Crippen molar-refractivity contribution in [3.63, 3.8) is 0 Å². The maximum atomic E-state index is 12.8. The third-order valence-electron chi connectivity index (χ3n) is 6.05. The number of amides is 2. The number of hydrogen-bond acceptors (Lipinski definition) is 6. The van der Waals surface area contributed by atoms with Crippen LogP contribution in [0.3, 0.4) is 0 Å². The Balaban J connectivity index is 1.35.